The standard InChI is InChI=1S/C19H23NO5S/c1-14(13-24-3)20-26(22,23)18-11-9-17(10-12-18)19(21)25-15(2)16-7-5-4-6-8-16/h4-12,14-15,20H,13H2,1-3H3/t14-,15+/m0/s1. The van der Waals surface area contributed by atoms with Crippen LogP contribution in [0, 0.1) is 0 Å². The molecule has 0 aliphatic carbocycles. The summed E-state index contributed by atoms with van der Waals surface area (Å²) in [6.45, 7) is 3.76. The first-order valence-corrected chi connectivity index (χ1v) is 9.69. The van der Waals surface area contributed by atoms with Crippen LogP contribution in [0.2, 0.25) is 0 Å². The van der Waals surface area contributed by atoms with Crippen molar-refractivity contribution >= 4 is 16.0 Å². The van der Waals surface area contributed by atoms with Gasteiger partial charge in [-0.25, -0.2) is 17.9 Å². The molecule has 6 nitrogen and oxygen atoms in total. The molecule has 2 aromatic rings. The fourth-order valence-corrected chi connectivity index (χ4v) is 3.64. The Hall–Kier alpha value is -2.22. The highest BCUT2D eigenvalue weighted by Gasteiger charge is 2.19. The number of esters is 1. The molecule has 2 atom stereocenters. The summed E-state index contributed by atoms with van der Waals surface area (Å²) >= 11 is 0. The molecule has 26 heavy (non-hydrogen) atoms. The van der Waals surface area contributed by atoms with Gasteiger partial charge in [0.05, 0.1) is 17.1 Å². The minimum atomic E-state index is -3.67. The van der Waals surface area contributed by atoms with E-state index in [9.17, 15) is 13.2 Å². The van der Waals surface area contributed by atoms with E-state index in [-0.39, 0.29) is 23.1 Å². The van der Waals surface area contributed by atoms with E-state index in [1.54, 1.807) is 13.8 Å². The number of benzene rings is 2. The van der Waals surface area contributed by atoms with Crippen LogP contribution in [0.25, 0.3) is 0 Å². The molecule has 0 saturated carbocycles. The number of carbonyl (C=O) groups is 1. The Morgan fingerprint density at radius 1 is 1.04 bits per heavy atom. The van der Waals surface area contributed by atoms with E-state index in [0.29, 0.717) is 0 Å². The van der Waals surface area contributed by atoms with Gasteiger partial charge in [0, 0.05) is 13.2 Å². The van der Waals surface area contributed by atoms with Gasteiger partial charge in [-0.05, 0) is 43.7 Å². The molecule has 0 radical (unpaired) electrons. The Kier molecular flexibility index (Phi) is 6.90. The molecule has 1 N–H and O–H groups in total. The monoisotopic (exact) mass is 377 g/mol. The number of carbonyl (C=O) groups excluding carboxylic acids is 1. The number of nitrogens with one attached hydrogen (secondary N) is 1. The number of rotatable bonds is 8. The molecule has 0 spiro atoms. The summed E-state index contributed by atoms with van der Waals surface area (Å²) in [5, 5.41) is 0. The smallest absolute Gasteiger partial charge is 0.338 e. The van der Waals surface area contributed by atoms with Crippen molar-refractivity contribution in [3.8, 4) is 0 Å². The predicted octanol–water partition coefficient (Wildman–Crippen LogP) is 2.92. The van der Waals surface area contributed by atoms with Gasteiger partial charge in [0.25, 0.3) is 0 Å². The minimum absolute atomic E-state index is 0.0770. The van der Waals surface area contributed by atoms with Crippen molar-refractivity contribution in [1.29, 1.82) is 0 Å². The first-order chi connectivity index (χ1) is 12.3. The minimum Gasteiger partial charge on any atom is -0.454 e. The van der Waals surface area contributed by atoms with Crippen molar-refractivity contribution < 1.29 is 22.7 Å². The van der Waals surface area contributed by atoms with E-state index in [0.717, 1.165) is 5.56 Å². The third-order valence-electron chi connectivity index (χ3n) is 3.73. The normalized spacial score (nSPS) is 13.8. The Morgan fingerprint density at radius 3 is 2.23 bits per heavy atom. The second-order valence-corrected chi connectivity index (χ2v) is 7.67. The van der Waals surface area contributed by atoms with Gasteiger partial charge >= 0.3 is 5.97 Å². The highest BCUT2D eigenvalue weighted by atomic mass is 32.2. The van der Waals surface area contributed by atoms with Crippen molar-refractivity contribution in [3.05, 3.63) is 65.7 Å². The Labute approximate surface area is 154 Å². The highest BCUT2D eigenvalue weighted by molar-refractivity contribution is 7.89. The van der Waals surface area contributed by atoms with E-state index < -0.39 is 22.1 Å². The topological polar surface area (TPSA) is 81.7 Å². The highest BCUT2D eigenvalue weighted by Crippen LogP contribution is 2.19. The van der Waals surface area contributed by atoms with Crippen LogP contribution in [-0.2, 0) is 19.5 Å². The van der Waals surface area contributed by atoms with Crippen molar-refractivity contribution in [2.24, 2.45) is 0 Å². The summed E-state index contributed by atoms with van der Waals surface area (Å²) in [5.74, 6) is -0.508. The van der Waals surface area contributed by atoms with Gasteiger partial charge in [-0.1, -0.05) is 30.3 Å². The van der Waals surface area contributed by atoms with Gasteiger partial charge in [0.1, 0.15) is 6.10 Å². The van der Waals surface area contributed by atoms with Crippen molar-refractivity contribution in [2.45, 2.75) is 30.9 Å². The molecule has 0 saturated heterocycles. The van der Waals surface area contributed by atoms with E-state index in [2.05, 4.69) is 4.72 Å². The lowest BCUT2D eigenvalue weighted by atomic mass is 10.1. The molecule has 0 aliphatic rings. The Balaban J connectivity index is 2.05. The van der Waals surface area contributed by atoms with Gasteiger partial charge in [-0.3, -0.25) is 0 Å². The van der Waals surface area contributed by atoms with Crippen LogP contribution in [0.4, 0.5) is 0 Å². The summed E-state index contributed by atoms with van der Waals surface area (Å²) in [6.07, 6.45) is -0.399. The van der Waals surface area contributed by atoms with Crippen molar-refractivity contribution in [2.75, 3.05) is 13.7 Å². The second kappa shape index (κ2) is 8.93. The predicted molar refractivity (Wildman–Crippen MR) is 98.4 cm³/mol. The van der Waals surface area contributed by atoms with Gasteiger partial charge < -0.3 is 9.47 Å². The number of hydrogen-bond donors (Lipinski definition) is 1. The third kappa shape index (κ3) is 5.39. The molecule has 7 heteroatoms. The summed E-state index contributed by atoms with van der Waals surface area (Å²) in [4.78, 5) is 12.3. The Bertz CT molecular complexity index is 819. The van der Waals surface area contributed by atoms with Crippen LogP contribution in [0.1, 0.15) is 35.9 Å². The molecule has 0 aromatic heterocycles. The summed E-state index contributed by atoms with van der Waals surface area (Å²) in [6, 6.07) is 14.7. The summed E-state index contributed by atoms with van der Waals surface area (Å²) in [5.41, 5.74) is 1.17. The van der Waals surface area contributed by atoms with Crippen LogP contribution in [-0.4, -0.2) is 34.1 Å². The van der Waals surface area contributed by atoms with Gasteiger partial charge in [0.2, 0.25) is 10.0 Å². The first kappa shape index (κ1) is 20.1. The van der Waals surface area contributed by atoms with Gasteiger partial charge in [-0.2, -0.15) is 0 Å². The lowest BCUT2D eigenvalue weighted by Crippen LogP contribution is -2.35. The number of methoxy groups -OCH3 is 1. The van der Waals surface area contributed by atoms with Gasteiger partial charge in [0.15, 0.2) is 0 Å². The maximum Gasteiger partial charge on any atom is 0.338 e. The second-order valence-electron chi connectivity index (χ2n) is 5.96. The fraction of sp³-hybridized carbons (Fsp3) is 0.316. The lowest BCUT2D eigenvalue weighted by molar-refractivity contribution is 0.0337. The zero-order chi connectivity index (χ0) is 19.2. The van der Waals surface area contributed by atoms with Crippen molar-refractivity contribution in [1.82, 2.24) is 4.72 Å². The summed E-state index contributed by atoms with van der Waals surface area (Å²) < 4.78 is 37.4. The SMILES string of the molecule is COC[C@H](C)NS(=O)(=O)c1ccc(C(=O)O[C@H](C)c2ccccc2)cc1. The average molecular weight is 377 g/mol. The van der Waals surface area contributed by atoms with Gasteiger partial charge in [-0.15, -0.1) is 0 Å². The third-order valence-corrected chi connectivity index (χ3v) is 5.33. The number of sulfonamides is 1. The van der Waals surface area contributed by atoms with Crippen LogP contribution in [0.3, 0.4) is 0 Å². The summed E-state index contributed by atoms with van der Waals surface area (Å²) in [7, 11) is -2.17. The zero-order valence-electron chi connectivity index (χ0n) is 15.0. The fourth-order valence-electron chi connectivity index (χ4n) is 2.41. The molecule has 2 aromatic carbocycles. The molecule has 0 bridgehead atoms. The van der Waals surface area contributed by atoms with E-state index in [4.69, 9.17) is 9.47 Å². The van der Waals surface area contributed by atoms with E-state index in [1.807, 2.05) is 30.3 Å². The van der Waals surface area contributed by atoms with Crippen LogP contribution < -0.4 is 4.72 Å². The number of ether oxygens (including phenoxy) is 2. The van der Waals surface area contributed by atoms with Crippen molar-refractivity contribution in [3.63, 3.8) is 0 Å². The molecule has 140 valence electrons. The quantitative estimate of drug-likeness (QED) is 0.716. The molecule has 0 unspecified atom stereocenters. The zero-order valence-corrected chi connectivity index (χ0v) is 15.8. The molecule has 2 rings (SSSR count). The Morgan fingerprint density at radius 2 is 1.65 bits per heavy atom. The van der Waals surface area contributed by atoms with E-state index in [1.165, 1.54) is 31.4 Å². The largest absolute Gasteiger partial charge is 0.454 e. The first-order valence-electron chi connectivity index (χ1n) is 8.20. The molecule has 0 fully saturated rings. The molecular formula is C19H23NO5S. The van der Waals surface area contributed by atoms with E-state index >= 15 is 0 Å². The molecule has 0 heterocycles. The average Bonchev–Trinajstić information content (AvgIpc) is 2.62. The number of hydrogen-bond acceptors (Lipinski definition) is 5. The lowest BCUT2D eigenvalue weighted by Gasteiger charge is -2.15. The maximum absolute atomic E-state index is 12.3. The van der Waals surface area contributed by atoms with Crippen LogP contribution >= 0.6 is 0 Å². The maximum atomic E-state index is 12.3. The molecule has 0 amide bonds. The molecular weight excluding hydrogens is 354 g/mol. The van der Waals surface area contributed by atoms with Crippen LogP contribution in [0.15, 0.2) is 59.5 Å². The van der Waals surface area contributed by atoms with Crippen LogP contribution in [0.5, 0.6) is 0 Å². The molecule has 0 aliphatic heterocycles.